The number of amides is 3. The zero-order chi connectivity index (χ0) is 23.6. The Labute approximate surface area is 192 Å². The number of halogens is 1. The van der Waals surface area contributed by atoms with Crippen molar-refractivity contribution in [2.75, 3.05) is 18.4 Å². The molecule has 6 nitrogen and oxygen atoms in total. The average molecular weight is 448 g/mol. The van der Waals surface area contributed by atoms with E-state index in [0.29, 0.717) is 36.3 Å². The first-order valence-corrected chi connectivity index (χ1v) is 10.8. The molecule has 0 spiro atoms. The van der Waals surface area contributed by atoms with E-state index >= 15 is 0 Å². The lowest BCUT2D eigenvalue weighted by Gasteiger charge is -2.15. The van der Waals surface area contributed by atoms with Crippen molar-refractivity contribution in [1.82, 2.24) is 10.6 Å². The van der Waals surface area contributed by atoms with Crippen LogP contribution in [-0.4, -0.2) is 30.8 Å². The third kappa shape index (κ3) is 6.74. The van der Waals surface area contributed by atoms with Gasteiger partial charge in [-0.05, 0) is 60.5 Å². The number of nitrogens with one attached hydrogen (secondary N) is 3. The topological polar surface area (TPSA) is 87.3 Å². The molecule has 0 aliphatic carbocycles. The maximum atomic E-state index is 13.0. The number of carbonyl (C=O) groups excluding carboxylic acids is 3. The van der Waals surface area contributed by atoms with Crippen LogP contribution in [0.4, 0.5) is 10.1 Å². The van der Waals surface area contributed by atoms with Crippen LogP contribution in [0.3, 0.4) is 0 Å². The molecule has 3 aromatic rings. The summed E-state index contributed by atoms with van der Waals surface area (Å²) < 4.78 is 13.0. The van der Waals surface area contributed by atoms with Crippen molar-refractivity contribution < 1.29 is 18.8 Å². The minimum Gasteiger partial charge on any atom is -0.354 e. The van der Waals surface area contributed by atoms with Gasteiger partial charge < -0.3 is 16.0 Å². The molecule has 170 valence electrons. The number of anilines is 1. The molecule has 0 saturated heterocycles. The lowest BCUT2D eigenvalue weighted by Crippen LogP contribution is -2.36. The van der Waals surface area contributed by atoms with Gasteiger partial charge in [-0.25, -0.2) is 4.39 Å². The van der Waals surface area contributed by atoms with Crippen molar-refractivity contribution in [3.05, 3.63) is 101 Å². The Kier molecular flexibility index (Phi) is 8.30. The van der Waals surface area contributed by atoms with E-state index in [4.69, 9.17) is 0 Å². The zero-order valence-corrected chi connectivity index (χ0v) is 18.3. The number of rotatable bonds is 9. The second-order valence-corrected chi connectivity index (χ2v) is 7.46. The fourth-order valence-electron chi connectivity index (χ4n) is 3.35. The lowest BCUT2D eigenvalue weighted by atomic mass is 9.96. The first-order valence-electron chi connectivity index (χ1n) is 10.8. The lowest BCUT2D eigenvalue weighted by molar-refractivity contribution is -0.122. The van der Waals surface area contributed by atoms with E-state index in [1.165, 1.54) is 24.3 Å². The molecule has 0 bridgehead atoms. The van der Waals surface area contributed by atoms with Crippen LogP contribution in [0.15, 0.2) is 78.9 Å². The first kappa shape index (κ1) is 23.7. The molecule has 1 atom stereocenters. The van der Waals surface area contributed by atoms with Crippen molar-refractivity contribution in [1.29, 1.82) is 0 Å². The van der Waals surface area contributed by atoms with Gasteiger partial charge >= 0.3 is 0 Å². The molecule has 0 aliphatic rings. The molecule has 3 amide bonds. The molecule has 0 saturated carbocycles. The van der Waals surface area contributed by atoms with Crippen LogP contribution in [0.5, 0.6) is 0 Å². The van der Waals surface area contributed by atoms with Gasteiger partial charge in [0, 0.05) is 29.9 Å². The summed E-state index contributed by atoms with van der Waals surface area (Å²) in [5, 5.41) is 8.33. The van der Waals surface area contributed by atoms with E-state index in [1.807, 2.05) is 37.3 Å². The largest absolute Gasteiger partial charge is 0.354 e. The molecule has 3 aromatic carbocycles. The van der Waals surface area contributed by atoms with E-state index in [-0.39, 0.29) is 23.6 Å². The van der Waals surface area contributed by atoms with E-state index < -0.39 is 5.82 Å². The number of hydrogen-bond acceptors (Lipinski definition) is 3. The minimum atomic E-state index is -0.414. The molecule has 0 aromatic heterocycles. The highest BCUT2D eigenvalue weighted by atomic mass is 19.1. The second kappa shape index (κ2) is 11.6. The van der Waals surface area contributed by atoms with Crippen molar-refractivity contribution >= 4 is 23.4 Å². The van der Waals surface area contributed by atoms with Gasteiger partial charge in [-0.1, -0.05) is 37.3 Å². The van der Waals surface area contributed by atoms with E-state index in [9.17, 15) is 18.8 Å². The first-order chi connectivity index (χ1) is 16.0. The SMILES string of the molecule is CC[C@H](C(=O)NCCNC(=O)c1ccc(NC(=O)c2ccc(F)cc2)cc1)c1ccccc1. The predicted molar refractivity (Wildman–Crippen MR) is 126 cm³/mol. The Bertz CT molecular complexity index is 1080. The van der Waals surface area contributed by atoms with Crippen LogP contribution in [0.25, 0.3) is 0 Å². The summed E-state index contributed by atoms with van der Waals surface area (Å²) in [4.78, 5) is 37.0. The molecule has 0 aliphatic heterocycles. The Hall–Kier alpha value is -4.00. The van der Waals surface area contributed by atoms with Gasteiger partial charge in [-0.2, -0.15) is 0 Å². The summed E-state index contributed by atoms with van der Waals surface area (Å²) in [6, 6.07) is 21.2. The molecule has 0 unspecified atom stereocenters. The van der Waals surface area contributed by atoms with Crippen molar-refractivity contribution in [2.45, 2.75) is 19.3 Å². The molecule has 33 heavy (non-hydrogen) atoms. The molecule has 0 fully saturated rings. The molecule has 0 radical (unpaired) electrons. The summed E-state index contributed by atoms with van der Waals surface area (Å²) in [6.45, 7) is 2.57. The van der Waals surface area contributed by atoms with Crippen LogP contribution in [-0.2, 0) is 4.79 Å². The molecule has 3 rings (SSSR count). The normalized spacial score (nSPS) is 11.3. The smallest absolute Gasteiger partial charge is 0.255 e. The average Bonchev–Trinajstić information content (AvgIpc) is 2.83. The third-order valence-electron chi connectivity index (χ3n) is 5.15. The Morgan fingerprint density at radius 2 is 1.33 bits per heavy atom. The summed E-state index contributed by atoms with van der Waals surface area (Å²) >= 11 is 0. The maximum Gasteiger partial charge on any atom is 0.255 e. The fraction of sp³-hybridized carbons (Fsp3) is 0.192. The molecule has 0 heterocycles. The monoisotopic (exact) mass is 447 g/mol. The van der Waals surface area contributed by atoms with Crippen LogP contribution in [0, 0.1) is 5.82 Å². The Balaban J connectivity index is 1.44. The van der Waals surface area contributed by atoms with Crippen LogP contribution in [0.2, 0.25) is 0 Å². The Morgan fingerprint density at radius 1 is 0.758 bits per heavy atom. The van der Waals surface area contributed by atoms with Gasteiger partial charge in [-0.15, -0.1) is 0 Å². The van der Waals surface area contributed by atoms with Gasteiger partial charge in [0.2, 0.25) is 5.91 Å². The van der Waals surface area contributed by atoms with Crippen LogP contribution >= 0.6 is 0 Å². The molecular formula is C26H26FN3O3. The van der Waals surface area contributed by atoms with Crippen molar-refractivity contribution in [3.63, 3.8) is 0 Å². The van der Waals surface area contributed by atoms with Crippen molar-refractivity contribution in [2.24, 2.45) is 0 Å². The minimum absolute atomic E-state index is 0.0702. The molecule has 3 N–H and O–H groups in total. The number of carbonyl (C=O) groups is 3. The van der Waals surface area contributed by atoms with Crippen LogP contribution < -0.4 is 16.0 Å². The Morgan fingerprint density at radius 3 is 1.97 bits per heavy atom. The summed E-state index contributed by atoms with van der Waals surface area (Å²) in [5.41, 5.74) is 2.24. The highest BCUT2D eigenvalue weighted by Crippen LogP contribution is 2.19. The fourth-order valence-corrected chi connectivity index (χ4v) is 3.35. The summed E-state index contributed by atoms with van der Waals surface area (Å²) in [6.07, 6.45) is 0.687. The van der Waals surface area contributed by atoms with Gasteiger partial charge in [0.05, 0.1) is 5.92 Å². The number of hydrogen-bond donors (Lipinski definition) is 3. The maximum absolute atomic E-state index is 13.0. The highest BCUT2D eigenvalue weighted by Gasteiger charge is 2.17. The van der Waals surface area contributed by atoms with E-state index in [2.05, 4.69) is 16.0 Å². The predicted octanol–water partition coefficient (Wildman–Crippen LogP) is 4.12. The van der Waals surface area contributed by atoms with Crippen molar-refractivity contribution in [3.8, 4) is 0 Å². The van der Waals surface area contributed by atoms with Gasteiger partial charge in [0.15, 0.2) is 0 Å². The van der Waals surface area contributed by atoms with E-state index in [1.54, 1.807) is 24.3 Å². The molecular weight excluding hydrogens is 421 g/mol. The standard InChI is InChI=1S/C26H26FN3O3/c1-2-23(18-6-4-3-5-7-18)26(33)29-17-16-28-24(31)19-10-14-22(15-11-19)30-25(32)20-8-12-21(27)13-9-20/h3-15,23H,2,16-17H2,1H3,(H,28,31)(H,29,33)(H,30,32)/t23-/m0/s1. The van der Waals surface area contributed by atoms with E-state index in [0.717, 1.165) is 5.56 Å². The number of benzene rings is 3. The van der Waals surface area contributed by atoms with Crippen LogP contribution in [0.1, 0.15) is 45.5 Å². The third-order valence-corrected chi connectivity index (χ3v) is 5.15. The summed E-state index contributed by atoms with van der Waals surface area (Å²) in [5.74, 6) is -1.36. The van der Waals surface area contributed by atoms with Gasteiger partial charge in [0.1, 0.15) is 5.82 Å². The van der Waals surface area contributed by atoms with Gasteiger partial charge in [0.25, 0.3) is 11.8 Å². The zero-order valence-electron chi connectivity index (χ0n) is 18.3. The highest BCUT2D eigenvalue weighted by molar-refractivity contribution is 6.04. The summed E-state index contributed by atoms with van der Waals surface area (Å²) in [7, 11) is 0. The quantitative estimate of drug-likeness (QED) is 0.431. The van der Waals surface area contributed by atoms with Gasteiger partial charge in [-0.3, -0.25) is 14.4 Å². The second-order valence-electron chi connectivity index (χ2n) is 7.46. The molecule has 7 heteroatoms.